The number of rotatable bonds is 1. The van der Waals surface area contributed by atoms with Gasteiger partial charge in [-0.1, -0.05) is 20.8 Å². The fourth-order valence-electron chi connectivity index (χ4n) is 4.62. The second kappa shape index (κ2) is 3.45. The fourth-order valence-corrected chi connectivity index (χ4v) is 4.62. The van der Waals surface area contributed by atoms with E-state index in [0.29, 0.717) is 12.0 Å². The summed E-state index contributed by atoms with van der Waals surface area (Å²) < 4.78 is 0. The standard InChI is InChI=1S/C15H22O3/c1-14(2)5-8-11(6-14)15(3)10(4-12(15)17)9(7-16)13(8)18/h8,11-12,16-17H,4-7H2,1-3H3. The third-order valence-electron chi connectivity index (χ3n) is 5.70. The minimum Gasteiger partial charge on any atom is -0.392 e. The van der Waals surface area contributed by atoms with Gasteiger partial charge in [0.05, 0.1) is 12.7 Å². The van der Waals surface area contributed by atoms with Crippen molar-refractivity contribution in [2.24, 2.45) is 22.7 Å². The Balaban J connectivity index is 2.09. The van der Waals surface area contributed by atoms with E-state index in [1.54, 1.807) is 0 Å². The van der Waals surface area contributed by atoms with E-state index in [1.807, 2.05) is 0 Å². The molecule has 3 aliphatic carbocycles. The average molecular weight is 250 g/mol. The molecule has 3 heteroatoms. The number of fused-ring (bicyclic) bond motifs is 3. The van der Waals surface area contributed by atoms with E-state index in [0.717, 1.165) is 18.4 Å². The first-order valence-corrected chi connectivity index (χ1v) is 6.87. The summed E-state index contributed by atoms with van der Waals surface area (Å²) in [4.78, 5) is 12.5. The number of carbonyl (C=O) groups is 1. The number of Topliss-reactive ketones (excluding diaryl/α,β-unsaturated/α-hetero) is 1. The predicted molar refractivity (Wildman–Crippen MR) is 67.8 cm³/mol. The van der Waals surface area contributed by atoms with Crippen molar-refractivity contribution < 1.29 is 15.0 Å². The molecule has 0 aromatic carbocycles. The third-order valence-corrected chi connectivity index (χ3v) is 5.70. The Kier molecular flexibility index (Phi) is 2.37. The Bertz CT molecular complexity index is 449. The quantitative estimate of drug-likeness (QED) is 0.744. The summed E-state index contributed by atoms with van der Waals surface area (Å²) in [6, 6.07) is 0. The van der Waals surface area contributed by atoms with Gasteiger partial charge in [-0.05, 0) is 36.2 Å². The van der Waals surface area contributed by atoms with Crippen LogP contribution in [0.5, 0.6) is 0 Å². The number of aliphatic hydroxyl groups excluding tert-OH is 2. The lowest BCUT2D eigenvalue weighted by Gasteiger charge is -2.56. The molecule has 3 rings (SSSR count). The van der Waals surface area contributed by atoms with Crippen molar-refractivity contribution in [2.75, 3.05) is 6.61 Å². The monoisotopic (exact) mass is 250 g/mol. The molecule has 4 atom stereocenters. The van der Waals surface area contributed by atoms with E-state index in [-0.39, 0.29) is 41.2 Å². The van der Waals surface area contributed by atoms with Gasteiger partial charge >= 0.3 is 0 Å². The Morgan fingerprint density at radius 2 is 1.94 bits per heavy atom. The zero-order valence-corrected chi connectivity index (χ0v) is 11.4. The molecule has 2 saturated carbocycles. The van der Waals surface area contributed by atoms with Crippen LogP contribution in [0.1, 0.15) is 40.0 Å². The van der Waals surface area contributed by atoms with Gasteiger partial charge in [-0.15, -0.1) is 0 Å². The zero-order chi connectivity index (χ0) is 13.3. The molecule has 2 N–H and O–H groups in total. The molecule has 0 amide bonds. The van der Waals surface area contributed by atoms with Gasteiger partial charge in [0.25, 0.3) is 0 Å². The van der Waals surface area contributed by atoms with Gasteiger partial charge in [0.1, 0.15) is 0 Å². The van der Waals surface area contributed by atoms with Crippen LogP contribution in [0.3, 0.4) is 0 Å². The maximum atomic E-state index is 12.5. The smallest absolute Gasteiger partial charge is 0.164 e. The summed E-state index contributed by atoms with van der Waals surface area (Å²) in [5.74, 6) is 0.410. The van der Waals surface area contributed by atoms with Crippen molar-refractivity contribution in [3.05, 3.63) is 11.1 Å². The molecular weight excluding hydrogens is 228 g/mol. The minimum absolute atomic E-state index is 0.00542. The summed E-state index contributed by atoms with van der Waals surface area (Å²) in [6.45, 7) is 6.31. The molecule has 18 heavy (non-hydrogen) atoms. The molecule has 3 aliphatic rings. The lowest BCUT2D eigenvalue weighted by molar-refractivity contribution is -0.129. The van der Waals surface area contributed by atoms with Crippen molar-refractivity contribution in [3.63, 3.8) is 0 Å². The van der Waals surface area contributed by atoms with Gasteiger partial charge in [-0.25, -0.2) is 0 Å². The van der Waals surface area contributed by atoms with E-state index in [1.165, 1.54) is 0 Å². The second-order valence-corrected chi connectivity index (χ2v) is 7.27. The highest BCUT2D eigenvalue weighted by Gasteiger charge is 2.63. The number of ketones is 1. The van der Waals surface area contributed by atoms with Crippen LogP contribution in [0.2, 0.25) is 0 Å². The number of aliphatic hydroxyl groups is 2. The first-order chi connectivity index (χ1) is 8.31. The first-order valence-electron chi connectivity index (χ1n) is 6.87. The molecular formula is C15H22O3. The molecule has 0 saturated heterocycles. The van der Waals surface area contributed by atoms with Crippen LogP contribution in [0.15, 0.2) is 11.1 Å². The van der Waals surface area contributed by atoms with E-state index < -0.39 is 0 Å². The second-order valence-electron chi connectivity index (χ2n) is 7.27. The third kappa shape index (κ3) is 1.29. The highest BCUT2D eigenvalue weighted by molar-refractivity contribution is 6.00. The molecule has 0 bridgehead atoms. The van der Waals surface area contributed by atoms with Crippen LogP contribution >= 0.6 is 0 Å². The van der Waals surface area contributed by atoms with Gasteiger partial charge in [0.15, 0.2) is 5.78 Å². The summed E-state index contributed by atoms with van der Waals surface area (Å²) in [7, 11) is 0. The lowest BCUT2D eigenvalue weighted by Crippen LogP contribution is -2.56. The van der Waals surface area contributed by atoms with Crippen LogP contribution in [-0.2, 0) is 4.79 Å². The molecule has 100 valence electrons. The first kappa shape index (κ1) is 12.4. The zero-order valence-electron chi connectivity index (χ0n) is 11.4. The minimum atomic E-state index is -0.344. The van der Waals surface area contributed by atoms with Crippen molar-refractivity contribution in [3.8, 4) is 0 Å². The largest absolute Gasteiger partial charge is 0.392 e. The lowest BCUT2D eigenvalue weighted by atomic mass is 9.49. The molecule has 0 aliphatic heterocycles. The molecule has 0 spiro atoms. The maximum absolute atomic E-state index is 12.5. The molecule has 0 heterocycles. The molecule has 3 nitrogen and oxygen atoms in total. The van der Waals surface area contributed by atoms with Crippen LogP contribution in [0.25, 0.3) is 0 Å². The fraction of sp³-hybridized carbons (Fsp3) is 0.800. The molecule has 2 fully saturated rings. The average Bonchev–Trinajstić information content (AvgIpc) is 2.63. The number of hydrogen-bond donors (Lipinski definition) is 2. The topological polar surface area (TPSA) is 57.5 Å². The van der Waals surface area contributed by atoms with Gasteiger partial charge < -0.3 is 10.2 Å². The SMILES string of the molecule is CC1(C)CC2C(=O)C(CO)=C3CC(O)C3(C)C2C1. The maximum Gasteiger partial charge on any atom is 0.164 e. The van der Waals surface area contributed by atoms with Crippen molar-refractivity contribution in [2.45, 2.75) is 46.1 Å². The van der Waals surface area contributed by atoms with Crippen LogP contribution in [-0.4, -0.2) is 28.7 Å². The summed E-state index contributed by atoms with van der Waals surface area (Å²) in [6.07, 6.45) is 2.11. The Hall–Kier alpha value is -0.670. The van der Waals surface area contributed by atoms with Crippen molar-refractivity contribution >= 4 is 5.78 Å². The summed E-state index contributed by atoms with van der Waals surface area (Å²) in [5, 5.41) is 19.7. The highest BCUT2D eigenvalue weighted by Crippen LogP contribution is 2.65. The van der Waals surface area contributed by atoms with Crippen molar-refractivity contribution in [1.82, 2.24) is 0 Å². The number of carbonyl (C=O) groups excluding carboxylic acids is 1. The number of hydrogen-bond acceptors (Lipinski definition) is 3. The highest BCUT2D eigenvalue weighted by atomic mass is 16.3. The van der Waals surface area contributed by atoms with Crippen LogP contribution in [0, 0.1) is 22.7 Å². The Labute approximate surface area is 108 Å². The van der Waals surface area contributed by atoms with Gasteiger partial charge in [0, 0.05) is 16.9 Å². The van der Waals surface area contributed by atoms with E-state index in [4.69, 9.17) is 0 Å². The van der Waals surface area contributed by atoms with Gasteiger partial charge in [-0.3, -0.25) is 4.79 Å². The van der Waals surface area contributed by atoms with Gasteiger partial charge in [-0.2, -0.15) is 0 Å². The van der Waals surface area contributed by atoms with Gasteiger partial charge in [0.2, 0.25) is 0 Å². The Morgan fingerprint density at radius 3 is 2.50 bits per heavy atom. The summed E-state index contributed by atoms with van der Waals surface area (Å²) in [5.41, 5.74) is 1.53. The normalized spacial score (nSPS) is 45.6. The Morgan fingerprint density at radius 1 is 1.28 bits per heavy atom. The summed E-state index contributed by atoms with van der Waals surface area (Å²) >= 11 is 0. The van der Waals surface area contributed by atoms with E-state index >= 15 is 0 Å². The van der Waals surface area contributed by atoms with E-state index in [2.05, 4.69) is 20.8 Å². The molecule has 0 aromatic rings. The van der Waals surface area contributed by atoms with Crippen LogP contribution < -0.4 is 0 Å². The molecule has 4 unspecified atom stereocenters. The predicted octanol–water partition coefficient (Wildman–Crippen LogP) is 1.68. The van der Waals surface area contributed by atoms with Crippen molar-refractivity contribution in [1.29, 1.82) is 0 Å². The molecule has 0 radical (unpaired) electrons. The van der Waals surface area contributed by atoms with Crippen LogP contribution in [0.4, 0.5) is 0 Å². The molecule has 0 aromatic heterocycles. The van der Waals surface area contributed by atoms with E-state index in [9.17, 15) is 15.0 Å².